The van der Waals surface area contributed by atoms with Gasteiger partial charge in [-0.15, -0.1) is 0 Å². The molecule has 0 saturated carbocycles. The van der Waals surface area contributed by atoms with Gasteiger partial charge >= 0.3 is 5.97 Å². The zero-order valence-electron chi connectivity index (χ0n) is 8.12. The van der Waals surface area contributed by atoms with Crippen LogP contribution in [0.1, 0.15) is 6.42 Å². The van der Waals surface area contributed by atoms with Crippen LogP contribution >= 0.6 is 0 Å². The van der Waals surface area contributed by atoms with Crippen LogP contribution in [0.4, 0.5) is 0 Å². The second-order valence-electron chi connectivity index (χ2n) is 3.37. The average Bonchev–Trinajstić information content (AvgIpc) is 2.42. The zero-order chi connectivity index (χ0) is 11.6. The van der Waals surface area contributed by atoms with Crippen molar-refractivity contribution in [2.75, 3.05) is 12.9 Å². The van der Waals surface area contributed by atoms with E-state index in [9.17, 15) is 18.3 Å². The number of ether oxygens (including phenoxy) is 1. The summed E-state index contributed by atoms with van der Waals surface area (Å²) >= 11 is 0. The SMILES string of the molecule is CS(=O)(=O)OCC(O)C1CC(N)C(=O)O1. The van der Waals surface area contributed by atoms with Gasteiger partial charge in [0.2, 0.25) is 0 Å². The monoisotopic (exact) mass is 239 g/mol. The molecule has 15 heavy (non-hydrogen) atoms. The molecule has 1 aliphatic rings. The minimum Gasteiger partial charge on any atom is -0.458 e. The third-order valence-electron chi connectivity index (χ3n) is 1.94. The highest BCUT2D eigenvalue weighted by atomic mass is 32.2. The molecule has 0 aromatic heterocycles. The number of carbonyl (C=O) groups is 1. The Morgan fingerprint density at radius 1 is 1.73 bits per heavy atom. The van der Waals surface area contributed by atoms with Gasteiger partial charge < -0.3 is 15.6 Å². The van der Waals surface area contributed by atoms with Crippen molar-refractivity contribution in [3.05, 3.63) is 0 Å². The Morgan fingerprint density at radius 2 is 2.33 bits per heavy atom. The molecule has 0 aromatic rings. The second-order valence-corrected chi connectivity index (χ2v) is 5.02. The molecular formula is C7H13NO6S. The number of aliphatic hydroxyl groups is 1. The van der Waals surface area contributed by atoms with E-state index in [0.717, 1.165) is 6.26 Å². The van der Waals surface area contributed by atoms with E-state index in [-0.39, 0.29) is 6.42 Å². The van der Waals surface area contributed by atoms with Crippen molar-refractivity contribution in [2.45, 2.75) is 24.7 Å². The van der Waals surface area contributed by atoms with Crippen molar-refractivity contribution in [3.63, 3.8) is 0 Å². The lowest BCUT2D eigenvalue weighted by Crippen LogP contribution is -2.31. The summed E-state index contributed by atoms with van der Waals surface area (Å²) in [6.07, 6.45) is -0.953. The Bertz CT molecular complexity index is 339. The predicted octanol–water partition coefficient (Wildman–Crippen LogP) is -2.03. The quantitative estimate of drug-likeness (QED) is 0.429. The lowest BCUT2D eigenvalue weighted by molar-refractivity contribution is -0.146. The third-order valence-corrected chi connectivity index (χ3v) is 2.50. The van der Waals surface area contributed by atoms with Gasteiger partial charge in [0.1, 0.15) is 18.2 Å². The van der Waals surface area contributed by atoms with E-state index < -0.39 is 40.9 Å². The Hall–Kier alpha value is -0.700. The van der Waals surface area contributed by atoms with Gasteiger partial charge in [-0.3, -0.25) is 8.98 Å². The van der Waals surface area contributed by atoms with Crippen LogP contribution in [0.2, 0.25) is 0 Å². The topological polar surface area (TPSA) is 116 Å². The van der Waals surface area contributed by atoms with Crippen LogP contribution in [-0.4, -0.2) is 50.6 Å². The Morgan fingerprint density at radius 3 is 2.73 bits per heavy atom. The fourth-order valence-electron chi connectivity index (χ4n) is 1.17. The maximum atomic E-state index is 10.9. The highest BCUT2D eigenvalue weighted by Crippen LogP contribution is 2.17. The molecule has 3 atom stereocenters. The van der Waals surface area contributed by atoms with E-state index in [2.05, 4.69) is 4.18 Å². The first-order chi connectivity index (χ1) is 6.79. The van der Waals surface area contributed by atoms with Crippen LogP contribution in [0.3, 0.4) is 0 Å². The number of nitrogens with two attached hydrogens (primary N) is 1. The molecule has 8 heteroatoms. The van der Waals surface area contributed by atoms with Crippen molar-refractivity contribution >= 4 is 16.1 Å². The minimum absolute atomic E-state index is 0.160. The third kappa shape index (κ3) is 3.74. The maximum absolute atomic E-state index is 10.9. The minimum atomic E-state index is -3.61. The molecule has 1 saturated heterocycles. The first-order valence-electron chi connectivity index (χ1n) is 4.28. The summed E-state index contributed by atoms with van der Waals surface area (Å²) in [5, 5.41) is 9.43. The molecule has 0 bridgehead atoms. The van der Waals surface area contributed by atoms with E-state index in [1.807, 2.05) is 0 Å². The number of aliphatic hydroxyl groups excluding tert-OH is 1. The van der Waals surface area contributed by atoms with Crippen LogP contribution < -0.4 is 5.73 Å². The van der Waals surface area contributed by atoms with Crippen molar-refractivity contribution in [3.8, 4) is 0 Å². The molecule has 0 aliphatic carbocycles. The van der Waals surface area contributed by atoms with Crippen LogP contribution in [0.5, 0.6) is 0 Å². The van der Waals surface area contributed by atoms with Gasteiger partial charge in [0.25, 0.3) is 10.1 Å². The summed E-state index contributed by atoms with van der Waals surface area (Å²) in [5.74, 6) is -0.599. The van der Waals surface area contributed by atoms with Crippen LogP contribution in [0.15, 0.2) is 0 Å². The number of carbonyl (C=O) groups excluding carboxylic acids is 1. The molecular weight excluding hydrogens is 226 g/mol. The fourth-order valence-corrected chi connectivity index (χ4v) is 1.55. The molecule has 3 N–H and O–H groups in total. The molecule has 1 fully saturated rings. The highest BCUT2D eigenvalue weighted by molar-refractivity contribution is 7.85. The predicted molar refractivity (Wildman–Crippen MR) is 49.3 cm³/mol. The van der Waals surface area contributed by atoms with Crippen molar-refractivity contribution in [1.29, 1.82) is 0 Å². The Kier molecular flexibility index (Phi) is 3.66. The van der Waals surface area contributed by atoms with Gasteiger partial charge in [0, 0.05) is 6.42 Å². The largest absolute Gasteiger partial charge is 0.458 e. The lowest BCUT2D eigenvalue weighted by atomic mass is 10.1. The normalized spacial score (nSPS) is 28.9. The van der Waals surface area contributed by atoms with E-state index >= 15 is 0 Å². The van der Waals surface area contributed by atoms with Crippen molar-refractivity contribution in [2.24, 2.45) is 5.73 Å². The molecule has 88 valence electrons. The van der Waals surface area contributed by atoms with Crippen molar-refractivity contribution < 1.29 is 27.2 Å². The van der Waals surface area contributed by atoms with Gasteiger partial charge in [-0.25, -0.2) is 0 Å². The van der Waals surface area contributed by atoms with Crippen LogP contribution in [0.25, 0.3) is 0 Å². The maximum Gasteiger partial charge on any atom is 0.323 e. The standard InChI is InChI=1S/C7H13NO6S/c1-15(11,12)13-3-5(9)6-2-4(8)7(10)14-6/h4-6,9H,2-3,8H2,1H3. The Balaban J connectivity index is 2.42. The number of esters is 1. The summed E-state index contributed by atoms with van der Waals surface area (Å²) in [6.45, 7) is -0.441. The smallest absolute Gasteiger partial charge is 0.323 e. The summed E-state index contributed by atoms with van der Waals surface area (Å²) < 4.78 is 30.3. The number of cyclic esters (lactones) is 1. The zero-order valence-corrected chi connectivity index (χ0v) is 8.94. The average molecular weight is 239 g/mol. The Labute approximate surface area is 87.3 Å². The van der Waals surface area contributed by atoms with Crippen LogP contribution in [0, 0.1) is 0 Å². The van der Waals surface area contributed by atoms with E-state index in [1.165, 1.54) is 0 Å². The van der Waals surface area contributed by atoms with Gasteiger partial charge in [-0.1, -0.05) is 0 Å². The first kappa shape index (κ1) is 12.4. The summed E-state index contributed by atoms with van der Waals surface area (Å²) in [4.78, 5) is 10.9. The van der Waals surface area contributed by atoms with Crippen LogP contribution in [-0.2, 0) is 23.8 Å². The van der Waals surface area contributed by atoms with Gasteiger partial charge in [-0.2, -0.15) is 8.42 Å². The van der Waals surface area contributed by atoms with Gasteiger partial charge in [-0.05, 0) is 0 Å². The molecule has 0 amide bonds. The number of rotatable bonds is 4. The first-order valence-corrected chi connectivity index (χ1v) is 6.10. The molecule has 1 rings (SSSR count). The molecule has 0 spiro atoms. The molecule has 0 radical (unpaired) electrons. The summed E-state index contributed by atoms with van der Waals surface area (Å²) in [7, 11) is -3.61. The number of hydrogen-bond acceptors (Lipinski definition) is 7. The lowest BCUT2D eigenvalue weighted by Gasteiger charge is -2.15. The van der Waals surface area contributed by atoms with Gasteiger partial charge in [0.05, 0.1) is 12.9 Å². The molecule has 3 unspecified atom stereocenters. The van der Waals surface area contributed by atoms with E-state index in [4.69, 9.17) is 10.5 Å². The summed E-state index contributed by atoms with van der Waals surface area (Å²) in [5.41, 5.74) is 5.34. The van der Waals surface area contributed by atoms with E-state index in [0.29, 0.717) is 0 Å². The molecule has 7 nitrogen and oxygen atoms in total. The summed E-state index contributed by atoms with van der Waals surface area (Å²) in [6, 6.07) is -0.761. The second kappa shape index (κ2) is 4.44. The molecule has 1 aliphatic heterocycles. The van der Waals surface area contributed by atoms with Gasteiger partial charge in [0.15, 0.2) is 0 Å². The fraction of sp³-hybridized carbons (Fsp3) is 0.857. The highest BCUT2D eigenvalue weighted by Gasteiger charge is 2.36. The van der Waals surface area contributed by atoms with E-state index in [1.54, 1.807) is 0 Å². The number of hydrogen-bond donors (Lipinski definition) is 2. The molecule has 1 heterocycles. The van der Waals surface area contributed by atoms with Crippen molar-refractivity contribution in [1.82, 2.24) is 0 Å². The molecule has 0 aromatic carbocycles.